The topological polar surface area (TPSA) is 38.5 Å². The van der Waals surface area contributed by atoms with E-state index < -0.39 is 0 Å². The lowest BCUT2D eigenvalue weighted by Gasteiger charge is -2.35. The van der Waals surface area contributed by atoms with Gasteiger partial charge in [-0.2, -0.15) is 0 Å². The minimum absolute atomic E-state index is 0.191. The summed E-state index contributed by atoms with van der Waals surface area (Å²) in [7, 11) is 0. The van der Waals surface area contributed by atoms with Crippen LogP contribution in [0.1, 0.15) is 24.5 Å². The maximum Gasteiger partial charge on any atom is 0.123 e. The summed E-state index contributed by atoms with van der Waals surface area (Å²) in [4.78, 5) is 2.36. The fraction of sp³-hybridized carbons (Fsp3) is 0.571. The predicted octanol–water partition coefficient (Wildman–Crippen LogP) is 1.90. The summed E-state index contributed by atoms with van der Waals surface area (Å²) in [6.07, 6.45) is 1.05. The van der Waals surface area contributed by atoms with Crippen LogP contribution in [0.3, 0.4) is 0 Å². The largest absolute Gasteiger partial charge is 0.378 e. The van der Waals surface area contributed by atoms with Gasteiger partial charge in [-0.1, -0.05) is 13.0 Å². The molecule has 0 radical (unpaired) electrons. The molecule has 1 unspecified atom stereocenters. The van der Waals surface area contributed by atoms with E-state index in [4.69, 9.17) is 10.5 Å². The van der Waals surface area contributed by atoms with Crippen LogP contribution >= 0.6 is 0 Å². The number of nitrogens with zero attached hydrogens (tertiary/aromatic N) is 1. The fourth-order valence-electron chi connectivity index (χ4n) is 2.43. The minimum Gasteiger partial charge on any atom is -0.378 e. The van der Waals surface area contributed by atoms with Gasteiger partial charge in [-0.25, -0.2) is 4.39 Å². The quantitative estimate of drug-likeness (QED) is 0.889. The number of nitrogens with two attached hydrogens (primary N) is 1. The Morgan fingerprint density at radius 1 is 1.44 bits per heavy atom. The molecule has 0 spiro atoms. The van der Waals surface area contributed by atoms with Crippen LogP contribution in [0.25, 0.3) is 0 Å². The first kappa shape index (κ1) is 13.5. The summed E-state index contributed by atoms with van der Waals surface area (Å²) in [5, 5.41) is 0. The highest BCUT2D eigenvalue weighted by Crippen LogP contribution is 2.18. The highest BCUT2D eigenvalue weighted by atomic mass is 19.1. The van der Waals surface area contributed by atoms with Gasteiger partial charge in [0.25, 0.3) is 0 Å². The predicted molar refractivity (Wildman–Crippen MR) is 69.6 cm³/mol. The Morgan fingerprint density at radius 2 is 2.28 bits per heavy atom. The second kappa shape index (κ2) is 6.27. The Labute approximate surface area is 108 Å². The number of hydrogen-bond acceptors (Lipinski definition) is 3. The van der Waals surface area contributed by atoms with Crippen molar-refractivity contribution in [3.8, 4) is 0 Å². The summed E-state index contributed by atoms with van der Waals surface area (Å²) in [6, 6.07) is 5.28. The summed E-state index contributed by atoms with van der Waals surface area (Å²) >= 11 is 0. The standard InChI is InChI=1S/C14H21FN2O/c1-2-14-10-18-6-5-17(14)9-12-7-13(15)4-3-11(12)8-16/h3-4,7,14H,2,5-6,8-10,16H2,1H3. The molecule has 0 aliphatic carbocycles. The van der Waals surface area contributed by atoms with Crippen LogP contribution < -0.4 is 5.73 Å². The molecule has 0 bridgehead atoms. The number of rotatable bonds is 4. The van der Waals surface area contributed by atoms with Crippen LogP contribution in [0, 0.1) is 5.82 Å². The third-order valence-corrected chi connectivity index (χ3v) is 3.58. The molecule has 1 atom stereocenters. The highest BCUT2D eigenvalue weighted by Gasteiger charge is 2.22. The smallest absolute Gasteiger partial charge is 0.123 e. The summed E-state index contributed by atoms with van der Waals surface area (Å²) in [5.74, 6) is -0.191. The Hall–Kier alpha value is -0.970. The lowest BCUT2D eigenvalue weighted by atomic mass is 10.0. The van der Waals surface area contributed by atoms with Crippen molar-refractivity contribution in [2.45, 2.75) is 32.5 Å². The van der Waals surface area contributed by atoms with Gasteiger partial charge < -0.3 is 10.5 Å². The second-order valence-electron chi connectivity index (χ2n) is 4.72. The number of halogens is 1. The van der Waals surface area contributed by atoms with Crippen molar-refractivity contribution in [2.75, 3.05) is 19.8 Å². The number of hydrogen-bond donors (Lipinski definition) is 1. The van der Waals surface area contributed by atoms with Gasteiger partial charge in [-0.15, -0.1) is 0 Å². The molecule has 1 aromatic carbocycles. The number of ether oxygens (including phenoxy) is 1. The lowest BCUT2D eigenvalue weighted by Crippen LogP contribution is -2.44. The molecule has 1 aliphatic rings. The van der Waals surface area contributed by atoms with Crippen molar-refractivity contribution in [3.05, 3.63) is 35.1 Å². The minimum atomic E-state index is -0.191. The van der Waals surface area contributed by atoms with E-state index in [1.54, 1.807) is 12.1 Å². The Balaban J connectivity index is 2.14. The van der Waals surface area contributed by atoms with Gasteiger partial charge in [0, 0.05) is 25.7 Å². The first-order valence-corrected chi connectivity index (χ1v) is 6.53. The molecule has 1 saturated heterocycles. The van der Waals surface area contributed by atoms with Gasteiger partial charge in [0.15, 0.2) is 0 Å². The van der Waals surface area contributed by atoms with E-state index in [1.165, 1.54) is 6.07 Å². The van der Waals surface area contributed by atoms with E-state index in [1.807, 2.05) is 0 Å². The number of benzene rings is 1. The molecule has 1 fully saturated rings. The normalized spacial score (nSPS) is 21.2. The van der Waals surface area contributed by atoms with Crippen LogP contribution in [-0.2, 0) is 17.8 Å². The second-order valence-corrected chi connectivity index (χ2v) is 4.72. The lowest BCUT2D eigenvalue weighted by molar-refractivity contribution is -0.0128. The van der Waals surface area contributed by atoms with E-state index in [2.05, 4.69) is 11.8 Å². The highest BCUT2D eigenvalue weighted by molar-refractivity contribution is 5.27. The summed E-state index contributed by atoms with van der Waals surface area (Å²) < 4.78 is 18.8. The van der Waals surface area contributed by atoms with E-state index in [9.17, 15) is 4.39 Å². The number of morpholine rings is 1. The summed E-state index contributed by atoms with van der Waals surface area (Å²) in [5.41, 5.74) is 7.73. The molecule has 1 aromatic rings. The Bertz CT molecular complexity index is 397. The SMILES string of the molecule is CCC1COCCN1Cc1cc(F)ccc1CN. The molecule has 1 aliphatic heterocycles. The molecule has 4 heteroatoms. The van der Waals surface area contributed by atoms with Crippen molar-refractivity contribution in [1.29, 1.82) is 0 Å². The van der Waals surface area contributed by atoms with Gasteiger partial charge in [0.2, 0.25) is 0 Å². The molecule has 1 heterocycles. The van der Waals surface area contributed by atoms with Gasteiger partial charge in [0.1, 0.15) is 5.82 Å². The zero-order valence-electron chi connectivity index (χ0n) is 10.9. The molecule has 100 valence electrons. The molecule has 0 aromatic heterocycles. The third kappa shape index (κ3) is 3.07. The van der Waals surface area contributed by atoms with Crippen molar-refractivity contribution >= 4 is 0 Å². The first-order valence-electron chi connectivity index (χ1n) is 6.53. The first-order chi connectivity index (χ1) is 8.74. The van der Waals surface area contributed by atoms with Crippen LogP contribution in [0.2, 0.25) is 0 Å². The monoisotopic (exact) mass is 252 g/mol. The van der Waals surface area contributed by atoms with E-state index >= 15 is 0 Å². The molecular formula is C14H21FN2O. The maximum absolute atomic E-state index is 13.3. The zero-order valence-corrected chi connectivity index (χ0v) is 10.9. The van der Waals surface area contributed by atoms with Crippen LogP contribution in [-0.4, -0.2) is 30.7 Å². The van der Waals surface area contributed by atoms with Crippen molar-refractivity contribution < 1.29 is 9.13 Å². The van der Waals surface area contributed by atoms with Crippen molar-refractivity contribution in [2.24, 2.45) is 5.73 Å². The van der Waals surface area contributed by atoms with Gasteiger partial charge in [-0.05, 0) is 29.7 Å². The van der Waals surface area contributed by atoms with Crippen molar-refractivity contribution in [3.63, 3.8) is 0 Å². The molecule has 0 amide bonds. The Morgan fingerprint density at radius 3 is 3.00 bits per heavy atom. The van der Waals surface area contributed by atoms with Crippen molar-refractivity contribution in [1.82, 2.24) is 4.90 Å². The molecule has 2 N–H and O–H groups in total. The fourth-order valence-corrected chi connectivity index (χ4v) is 2.43. The van der Waals surface area contributed by atoms with E-state index in [-0.39, 0.29) is 5.82 Å². The van der Waals surface area contributed by atoms with E-state index in [0.29, 0.717) is 12.6 Å². The molecule has 0 saturated carbocycles. The Kier molecular flexibility index (Phi) is 4.69. The zero-order chi connectivity index (χ0) is 13.0. The molecule has 3 nitrogen and oxygen atoms in total. The summed E-state index contributed by atoms with van der Waals surface area (Å²) in [6.45, 7) is 5.79. The molecule has 2 rings (SSSR count). The molecule has 18 heavy (non-hydrogen) atoms. The average molecular weight is 252 g/mol. The average Bonchev–Trinajstić information content (AvgIpc) is 2.40. The molecular weight excluding hydrogens is 231 g/mol. The van der Waals surface area contributed by atoms with Gasteiger partial charge >= 0.3 is 0 Å². The maximum atomic E-state index is 13.3. The van der Waals surface area contributed by atoms with Gasteiger partial charge in [0.05, 0.1) is 13.2 Å². The van der Waals surface area contributed by atoms with Crippen LogP contribution in [0.5, 0.6) is 0 Å². The van der Waals surface area contributed by atoms with E-state index in [0.717, 1.165) is 43.9 Å². The van der Waals surface area contributed by atoms with Crippen LogP contribution in [0.15, 0.2) is 18.2 Å². The third-order valence-electron chi connectivity index (χ3n) is 3.58. The van der Waals surface area contributed by atoms with Crippen LogP contribution in [0.4, 0.5) is 4.39 Å². The van der Waals surface area contributed by atoms with Gasteiger partial charge in [-0.3, -0.25) is 4.90 Å².